The van der Waals surface area contributed by atoms with Crippen LogP contribution in [0.25, 0.3) is 0 Å². The highest BCUT2D eigenvalue weighted by Crippen LogP contribution is 2.22. The third-order valence-corrected chi connectivity index (χ3v) is 3.46. The fourth-order valence-electron chi connectivity index (χ4n) is 2.29. The van der Waals surface area contributed by atoms with Gasteiger partial charge in [-0.05, 0) is 19.8 Å². The van der Waals surface area contributed by atoms with Crippen LogP contribution >= 0.6 is 0 Å². The molecule has 0 aromatic rings. The Labute approximate surface area is 103 Å². The van der Waals surface area contributed by atoms with Crippen molar-refractivity contribution in [1.29, 1.82) is 0 Å². The van der Waals surface area contributed by atoms with Crippen molar-refractivity contribution in [2.45, 2.75) is 57.7 Å². The lowest BCUT2D eigenvalue weighted by atomic mass is 9.89. The van der Waals surface area contributed by atoms with Gasteiger partial charge in [0.15, 0.2) is 0 Å². The summed E-state index contributed by atoms with van der Waals surface area (Å²) in [6.45, 7) is 3.22. The summed E-state index contributed by atoms with van der Waals surface area (Å²) >= 11 is 0. The first kappa shape index (κ1) is 14.0. The molecule has 5 nitrogen and oxygen atoms in total. The molecule has 0 aromatic carbocycles. The van der Waals surface area contributed by atoms with Crippen molar-refractivity contribution in [2.75, 3.05) is 7.05 Å². The Bertz CT molecular complexity index is 291. The van der Waals surface area contributed by atoms with Crippen molar-refractivity contribution in [1.82, 2.24) is 10.2 Å². The number of hydrogen-bond acceptors (Lipinski definition) is 3. The SMILES string of the molecule is CC(=O)N(C)C1CCCCC1NC(=O)[C@H](C)N. The smallest absolute Gasteiger partial charge is 0.236 e. The predicted octanol–water partition coefficient (Wildman–Crippen LogP) is 0.239. The van der Waals surface area contributed by atoms with Crippen LogP contribution in [0.3, 0.4) is 0 Å². The molecule has 3 atom stereocenters. The molecule has 1 aliphatic carbocycles. The zero-order valence-electron chi connectivity index (χ0n) is 10.9. The number of likely N-dealkylation sites (N-methyl/N-ethyl adjacent to an activating group) is 1. The highest BCUT2D eigenvalue weighted by Gasteiger charge is 2.31. The molecule has 1 rings (SSSR count). The van der Waals surface area contributed by atoms with Crippen LogP contribution < -0.4 is 11.1 Å². The molecule has 1 fully saturated rings. The van der Waals surface area contributed by atoms with Crippen molar-refractivity contribution in [2.24, 2.45) is 5.73 Å². The van der Waals surface area contributed by atoms with Crippen LogP contribution in [0.1, 0.15) is 39.5 Å². The number of hydrogen-bond donors (Lipinski definition) is 2. The first-order chi connectivity index (χ1) is 7.93. The highest BCUT2D eigenvalue weighted by atomic mass is 16.2. The molecule has 0 aliphatic heterocycles. The molecule has 5 heteroatoms. The highest BCUT2D eigenvalue weighted by molar-refractivity contribution is 5.81. The number of rotatable bonds is 3. The number of nitrogens with one attached hydrogen (secondary N) is 1. The molecule has 17 heavy (non-hydrogen) atoms. The molecule has 0 bridgehead atoms. The van der Waals surface area contributed by atoms with Gasteiger partial charge in [0.2, 0.25) is 11.8 Å². The number of amides is 2. The maximum absolute atomic E-state index is 11.6. The minimum atomic E-state index is -0.500. The first-order valence-electron chi connectivity index (χ1n) is 6.23. The molecular weight excluding hydrogens is 218 g/mol. The van der Waals surface area contributed by atoms with E-state index in [9.17, 15) is 9.59 Å². The summed E-state index contributed by atoms with van der Waals surface area (Å²) in [5.41, 5.74) is 5.54. The van der Waals surface area contributed by atoms with Crippen LogP contribution in [-0.2, 0) is 9.59 Å². The second kappa shape index (κ2) is 6.00. The van der Waals surface area contributed by atoms with E-state index in [0.717, 1.165) is 25.7 Å². The van der Waals surface area contributed by atoms with Gasteiger partial charge in [-0.15, -0.1) is 0 Å². The Morgan fingerprint density at radius 1 is 1.35 bits per heavy atom. The van der Waals surface area contributed by atoms with Crippen molar-refractivity contribution in [3.8, 4) is 0 Å². The van der Waals surface area contributed by atoms with Crippen LogP contribution in [0.15, 0.2) is 0 Å². The maximum Gasteiger partial charge on any atom is 0.236 e. The molecule has 0 saturated heterocycles. The van der Waals surface area contributed by atoms with Gasteiger partial charge < -0.3 is 16.0 Å². The van der Waals surface area contributed by atoms with Crippen LogP contribution in [0.4, 0.5) is 0 Å². The van der Waals surface area contributed by atoms with E-state index in [2.05, 4.69) is 5.32 Å². The number of nitrogens with two attached hydrogens (primary N) is 1. The zero-order chi connectivity index (χ0) is 13.0. The Kier molecular flexibility index (Phi) is 4.93. The Morgan fingerprint density at radius 2 is 1.94 bits per heavy atom. The monoisotopic (exact) mass is 241 g/mol. The minimum absolute atomic E-state index is 0.0381. The van der Waals surface area contributed by atoms with E-state index in [1.165, 1.54) is 0 Å². The topological polar surface area (TPSA) is 75.4 Å². The van der Waals surface area contributed by atoms with E-state index in [0.29, 0.717) is 0 Å². The molecule has 1 saturated carbocycles. The number of carbonyl (C=O) groups excluding carboxylic acids is 2. The summed E-state index contributed by atoms with van der Waals surface area (Å²) in [5, 5.41) is 2.95. The van der Waals surface area contributed by atoms with Crippen molar-refractivity contribution < 1.29 is 9.59 Å². The Balaban J connectivity index is 2.66. The lowest BCUT2D eigenvalue weighted by Crippen LogP contribution is -2.55. The largest absolute Gasteiger partial charge is 0.350 e. The molecule has 0 aromatic heterocycles. The summed E-state index contributed by atoms with van der Waals surface area (Å²) in [7, 11) is 1.79. The van der Waals surface area contributed by atoms with Gasteiger partial charge in [-0.2, -0.15) is 0 Å². The van der Waals surface area contributed by atoms with E-state index < -0.39 is 6.04 Å². The first-order valence-corrected chi connectivity index (χ1v) is 6.23. The van der Waals surface area contributed by atoms with Crippen molar-refractivity contribution >= 4 is 11.8 Å². The summed E-state index contributed by atoms with van der Waals surface area (Å²) < 4.78 is 0. The summed E-state index contributed by atoms with van der Waals surface area (Å²) in [5.74, 6) is -0.101. The summed E-state index contributed by atoms with van der Waals surface area (Å²) in [6.07, 6.45) is 4.06. The molecule has 0 heterocycles. The van der Waals surface area contributed by atoms with Crippen LogP contribution in [-0.4, -0.2) is 41.9 Å². The quantitative estimate of drug-likeness (QED) is 0.743. The molecular formula is C12H23N3O2. The van der Waals surface area contributed by atoms with Crippen LogP contribution in [0, 0.1) is 0 Å². The average Bonchev–Trinajstić information content (AvgIpc) is 2.28. The van der Waals surface area contributed by atoms with Crippen LogP contribution in [0.5, 0.6) is 0 Å². The average molecular weight is 241 g/mol. The molecule has 1 aliphatic rings. The number of nitrogens with zero attached hydrogens (tertiary/aromatic N) is 1. The van der Waals surface area contributed by atoms with E-state index in [1.54, 1.807) is 25.8 Å². The Morgan fingerprint density at radius 3 is 2.47 bits per heavy atom. The van der Waals surface area contributed by atoms with Gasteiger partial charge >= 0.3 is 0 Å². The van der Waals surface area contributed by atoms with Gasteiger partial charge in [0.25, 0.3) is 0 Å². The lowest BCUT2D eigenvalue weighted by Gasteiger charge is -2.38. The molecule has 3 N–H and O–H groups in total. The van der Waals surface area contributed by atoms with Crippen molar-refractivity contribution in [3.05, 3.63) is 0 Å². The summed E-state index contributed by atoms with van der Waals surface area (Å²) in [6, 6.07) is -0.361. The normalized spacial score (nSPS) is 26.1. The zero-order valence-corrected chi connectivity index (χ0v) is 10.9. The molecule has 0 radical (unpaired) electrons. The third kappa shape index (κ3) is 3.70. The molecule has 98 valence electrons. The fraction of sp³-hybridized carbons (Fsp3) is 0.833. The van der Waals surface area contributed by atoms with Gasteiger partial charge in [-0.1, -0.05) is 12.8 Å². The molecule has 0 spiro atoms. The molecule has 2 unspecified atom stereocenters. The van der Waals surface area contributed by atoms with Gasteiger partial charge in [0.1, 0.15) is 0 Å². The predicted molar refractivity (Wildman–Crippen MR) is 66.3 cm³/mol. The third-order valence-electron chi connectivity index (χ3n) is 3.46. The Hall–Kier alpha value is -1.10. The van der Waals surface area contributed by atoms with Gasteiger partial charge in [-0.25, -0.2) is 0 Å². The van der Waals surface area contributed by atoms with Gasteiger partial charge in [0, 0.05) is 20.0 Å². The second-order valence-corrected chi connectivity index (χ2v) is 4.89. The minimum Gasteiger partial charge on any atom is -0.350 e. The molecule has 2 amide bonds. The summed E-state index contributed by atoms with van der Waals surface area (Å²) in [4.78, 5) is 24.7. The fourth-order valence-corrected chi connectivity index (χ4v) is 2.29. The second-order valence-electron chi connectivity index (χ2n) is 4.89. The lowest BCUT2D eigenvalue weighted by molar-refractivity contribution is -0.132. The van der Waals surface area contributed by atoms with E-state index in [4.69, 9.17) is 5.73 Å². The van der Waals surface area contributed by atoms with Crippen LogP contribution in [0.2, 0.25) is 0 Å². The maximum atomic E-state index is 11.6. The van der Waals surface area contributed by atoms with Gasteiger partial charge in [-0.3, -0.25) is 9.59 Å². The van der Waals surface area contributed by atoms with E-state index in [1.807, 2.05) is 0 Å². The number of carbonyl (C=O) groups is 2. The van der Waals surface area contributed by atoms with E-state index >= 15 is 0 Å². The van der Waals surface area contributed by atoms with E-state index in [-0.39, 0.29) is 23.9 Å². The van der Waals surface area contributed by atoms with Gasteiger partial charge in [0.05, 0.1) is 12.1 Å². The van der Waals surface area contributed by atoms with Crippen molar-refractivity contribution in [3.63, 3.8) is 0 Å². The standard InChI is InChI=1S/C12H23N3O2/c1-8(13)12(17)14-10-6-4-5-7-11(10)15(3)9(2)16/h8,10-11H,4-7,13H2,1-3H3,(H,14,17)/t8-,10?,11?/m0/s1.